The van der Waals surface area contributed by atoms with Gasteiger partial charge in [0, 0.05) is 12.3 Å². The second-order valence-electron chi connectivity index (χ2n) is 5.34. The van der Waals surface area contributed by atoms with Gasteiger partial charge in [0.15, 0.2) is 0 Å². The van der Waals surface area contributed by atoms with E-state index in [-0.39, 0.29) is 0 Å². The SMILES string of the molecule is COC(=O)c1cc(OC(C)=O)c2ccc3ccccc3c2c1C. The Morgan fingerprint density at radius 1 is 1.00 bits per heavy atom. The van der Waals surface area contributed by atoms with Crippen molar-refractivity contribution >= 4 is 33.5 Å². The van der Waals surface area contributed by atoms with E-state index in [1.54, 1.807) is 6.07 Å². The van der Waals surface area contributed by atoms with Crippen LogP contribution in [0, 0.1) is 6.92 Å². The number of carbonyl (C=O) groups excluding carboxylic acids is 2. The summed E-state index contributed by atoms with van der Waals surface area (Å²) in [5, 5.41) is 3.74. The van der Waals surface area contributed by atoms with Crippen LogP contribution in [0.2, 0.25) is 0 Å². The van der Waals surface area contributed by atoms with E-state index in [2.05, 4.69) is 0 Å². The van der Waals surface area contributed by atoms with Crippen LogP contribution in [0.3, 0.4) is 0 Å². The lowest BCUT2D eigenvalue weighted by Gasteiger charge is -2.14. The zero-order valence-corrected chi connectivity index (χ0v) is 13.2. The standard InChI is InChI=1S/C19H16O4/c1-11-16(19(21)22-3)10-17(23-12(2)20)15-9-8-13-6-4-5-7-14(13)18(11)15/h4-10H,1-3H3. The Kier molecular flexibility index (Phi) is 3.74. The smallest absolute Gasteiger partial charge is 0.338 e. The van der Waals surface area contributed by atoms with E-state index in [9.17, 15) is 9.59 Å². The molecule has 0 heterocycles. The monoisotopic (exact) mass is 308 g/mol. The predicted octanol–water partition coefficient (Wildman–Crippen LogP) is 4.01. The van der Waals surface area contributed by atoms with Crippen molar-refractivity contribution in [3.05, 3.63) is 53.6 Å². The van der Waals surface area contributed by atoms with Gasteiger partial charge >= 0.3 is 11.9 Å². The third kappa shape index (κ3) is 2.52. The molecule has 0 N–H and O–H groups in total. The van der Waals surface area contributed by atoms with Crippen LogP contribution in [-0.2, 0) is 9.53 Å². The minimum absolute atomic E-state index is 0.365. The van der Waals surface area contributed by atoms with Crippen molar-refractivity contribution in [2.75, 3.05) is 7.11 Å². The molecular formula is C19H16O4. The molecule has 0 radical (unpaired) electrons. The third-order valence-electron chi connectivity index (χ3n) is 3.91. The van der Waals surface area contributed by atoms with Crippen LogP contribution < -0.4 is 4.74 Å². The van der Waals surface area contributed by atoms with E-state index in [1.165, 1.54) is 14.0 Å². The fourth-order valence-electron chi connectivity index (χ4n) is 2.89. The maximum absolute atomic E-state index is 12.1. The summed E-state index contributed by atoms with van der Waals surface area (Å²) >= 11 is 0. The molecule has 3 rings (SSSR count). The molecule has 0 saturated heterocycles. The zero-order chi connectivity index (χ0) is 16.6. The van der Waals surface area contributed by atoms with Gasteiger partial charge in [0.2, 0.25) is 0 Å². The van der Waals surface area contributed by atoms with Crippen LogP contribution in [0.1, 0.15) is 22.8 Å². The van der Waals surface area contributed by atoms with Crippen molar-refractivity contribution in [1.82, 2.24) is 0 Å². The molecule has 0 saturated carbocycles. The van der Waals surface area contributed by atoms with Crippen LogP contribution in [0.25, 0.3) is 21.5 Å². The number of ether oxygens (including phenoxy) is 2. The van der Waals surface area contributed by atoms with Gasteiger partial charge in [0.25, 0.3) is 0 Å². The lowest BCUT2D eigenvalue weighted by Crippen LogP contribution is -2.08. The Morgan fingerprint density at radius 2 is 1.74 bits per heavy atom. The predicted molar refractivity (Wildman–Crippen MR) is 88.8 cm³/mol. The first-order valence-electron chi connectivity index (χ1n) is 7.24. The first-order chi connectivity index (χ1) is 11.0. The quantitative estimate of drug-likeness (QED) is 0.408. The molecule has 3 aromatic rings. The second kappa shape index (κ2) is 5.72. The van der Waals surface area contributed by atoms with E-state index in [0.717, 1.165) is 27.1 Å². The minimum Gasteiger partial charge on any atom is -0.465 e. The van der Waals surface area contributed by atoms with Crippen LogP contribution in [0.5, 0.6) is 5.75 Å². The summed E-state index contributed by atoms with van der Waals surface area (Å²) in [5.41, 5.74) is 1.20. The van der Waals surface area contributed by atoms with Gasteiger partial charge in [0.05, 0.1) is 12.7 Å². The zero-order valence-electron chi connectivity index (χ0n) is 13.2. The minimum atomic E-state index is -0.453. The van der Waals surface area contributed by atoms with Crippen molar-refractivity contribution < 1.29 is 19.1 Å². The highest BCUT2D eigenvalue weighted by atomic mass is 16.5. The normalized spacial score (nSPS) is 10.7. The number of hydrogen-bond donors (Lipinski definition) is 0. The summed E-state index contributed by atoms with van der Waals surface area (Å²) in [4.78, 5) is 23.5. The first-order valence-corrected chi connectivity index (χ1v) is 7.24. The molecule has 0 aromatic heterocycles. The molecule has 0 aliphatic heterocycles. The van der Waals surface area contributed by atoms with E-state index < -0.39 is 11.9 Å². The Balaban J connectivity index is 2.47. The summed E-state index contributed by atoms with van der Waals surface area (Å²) in [7, 11) is 1.33. The van der Waals surface area contributed by atoms with Crippen molar-refractivity contribution in [2.24, 2.45) is 0 Å². The molecule has 3 aromatic carbocycles. The number of benzene rings is 3. The molecule has 0 spiro atoms. The maximum Gasteiger partial charge on any atom is 0.338 e. The van der Waals surface area contributed by atoms with E-state index >= 15 is 0 Å². The number of methoxy groups -OCH3 is 1. The van der Waals surface area contributed by atoms with E-state index in [0.29, 0.717) is 11.3 Å². The Labute approximate surface area is 133 Å². The van der Waals surface area contributed by atoms with Gasteiger partial charge in [-0.2, -0.15) is 0 Å². The summed E-state index contributed by atoms with van der Waals surface area (Å²) < 4.78 is 10.2. The Morgan fingerprint density at radius 3 is 2.43 bits per heavy atom. The summed E-state index contributed by atoms with van der Waals surface area (Å²) in [6, 6.07) is 13.3. The van der Waals surface area contributed by atoms with Crippen LogP contribution in [-0.4, -0.2) is 19.0 Å². The highest BCUT2D eigenvalue weighted by Crippen LogP contribution is 2.36. The van der Waals surface area contributed by atoms with Crippen molar-refractivity contribution in [3.8, 4) is 5.75 Å². The topological polar surface area (TPSA) is 52.6 Å². The highest BCUT2D eigenvalue weighted by Gasteiger charge is 2.18. The van der Waals surface area contributed by atoms with Crippen molar-refractivity contribution in [3.63, 3.8) is 0 Å². The van der Waals surface area contributed by atoms with Gasteiger partial charge in [-0.05, 0) is 40.8 Å². The lowest BCUT2D eigenvalue weighted by molar-refractivity contribution is -0.131. The molecule has 0 aliphatic carbocycles. The number of esters is 2. The fourth-order valence-corrected chi connectivity index (χ4v) is 2.89. The molecule has 116 valence electrons. The van der Waals surface area contributed by atoms with Gasteiger partial charge in [0.1, 0.15) is 5.75 Å². The third-order valence-corrected chi connectivity index (χ3v) is 3.91. The van der Waals surface area contributed by atoms with Gasteiger partial charge in [-0.1, -0.05) is 30.3 Å². The maximum atomic E-state index is 12.1. The Hall–Kier alpha value is -2.88. The van der Waals surface area contributed by atoms with Gasteiger partial charge in [-0.15, -0.1) is 0 Å². The largest absolute Gasteiger partial charge is 0.465 e. The molecule has 0 aliphatic rings. The molecule has 0 amide bonds. The summed E-state index contributed by atoms with van der Waals surface area (Å²) in [6.07, 6.45) is 0. The first kappa shape index (κ1) is 15.0. The number of aryl methyl sites for hydroxylation is 1. The summed E-state index contributed by atoms with van der Waals surface area (Å²) in [5.74, 6) is -0.519. The number of fused-ring (bicyclic) bond motifs is 3. The second-order valence-corrected chi connectivity index (χ2v) is 5.34. The van der Waals surface area contributed by atoms with Gasteiger partial charge < -0.3 is 9.47 Å². The van der Waals surface area contributed by atoms with Crippen LogP contribution in [0.15, 0.2) is 42.5 Å². The molecule has 0 unspecified atom stereocenters. The number of carbonyl (C=O) groups is 2. The summed E-state index contributed by atoms with van der Waals surface area (Å²) in [6.45, 7) is 3.21. The van der Waals surface area contributed by atoms with Crippen LogP contribution >= 0.6 is 0 Å². The van der Waals surface area contributed by atoms with Gasteiger partial charge in [-0.25, -0.2) is 4.79 Å². The lowest BCUT2D eigenvalue weighted by atomic mass is 9.94. The molecule has 0 bridgehead atoms. The average Bonchev–Trinajstić information content (AvgIpc) is 2.55. The molecular weight excluding hydrogens is 292 g/mol. The molecule has 4 nitrogen and oxygen atoms in total. The Bertz CT molecular complexity index is 941. The highest BCUT2D eigenvalue weighted by molar-refractivity contribution is 6.14. The van der Waals surface area contributed by atoms with Crippen LogP contribution in [0.4, 0.5) is 0 Å². The average molecular weight is 308 g/mol. The van der Waals surface area contributed by atoms with E-state index in [1.807, 2.05) is 43.3 Å². The van der Waals surface area contributed by atoms with Gasteiger partial charge in [-0.3, -0.25) is 4.79 Å². The number of rotatable bonds is 2. The molecule has 0 atom stereocenters. The molecule has 4 heteroatoms. The molecule has 0 fully saturated rings. The number of hydrogen-bond acceptors (Lipinski definition) is 4. The fraction of sp³-hybridized carbons (Fsp3) is 0.158. The van der Waals surface area contributed by atoms with Crippen molar-refractivity contribution in [1.29, 1.82) is 0 Å². The molecule has 23 heavy (non-hydrogen) atoms. The van der Waals surface area contributed by atoms with E-state index in [4.69, 9.17) is 9.47 Å². The van der Waals surface area contributed by atoms with Crippen molar-refractivity contribution in [2.45, 2.75) is 13.8 Å².